The van der Waals surface area contributed by atoms with Gasteiger partial charge in [-0.25, -0.2) is 4.79 Å². The summed E-state index contributed by atoms with van der Waals surface area (Å²) in [5.74, 6) is 0.210. The largest absolute Gasteiger partial charge is 0.465 e. The third kappa shape index (κ3) is 5.68. The normalized spacial score (nSPS) is 15.0. The number of piperidine rings is 1. The zero-order valence-corrected chi connectivity index (χ0v) is 16.6. The first kappa shape index (κ1) is 20.6. The van der Waals surface area contributed by atoms with Crippen LogP contribution in [-0.4, -0.2) is 55.5 Å². The summed E-state index contributed by atoms with van der Waals surface area (Å²) in [6.07, 6.45) is 1.52. The average molecular weight is 399 g/mol. The first-order valence-electron chi connectivity index (χ1n) is 9.52. The highest BCUT2D eigenvalue weighted by atomic mass is 16.5. The zero-order valence-electron chi connectivity index (χ0n) is 16.6. The second kappa shape index (κ2) is 9.38. The lowest BCUT2D eigenvalue weighted by molar-refractivity contribution is -0.117. The maximum absolute atomic E-state index is 12.3. The Morgan fingerprint density at radius 1 is 1.17 bits per heavy atom. The fraction of sp³-hybridized carbons (Fsp3) is 0.381. The molecule has 2 N–H and O–H groups in total. The van der Waals surface area contributed by atoms with E-state index in [2.05, 4.69) is 15.4 Å². The van der Waals surface area contributed by atoms with Crippen LogP contribution in [0.25, 0.3) is 0 Å². The predicted molar refractivity (Wildman–Crippen MR) is 107 cm³/mol. The van der Waals surface area contributed by atoms with Gasteiger partial charge in [0.2, 0.25) is 5.91 Å². The molecule has 0 bridgehead atoms. The molecule has 0 radical (unpaired) electrons. The lowest BCUT2D eigenvalue weighted by Gasteiger charge is -2.31. The zero-order chi connectivity index (χ0) is 20.8. The second-order valence-corrected chi connectivity index (χ2v) is 7.05. The summed E-state index contributed by atoms with van der Waals surface area (Å²) in [4.78, 5) is 38.1. The van der Waals surface area contributed by atoms with Crippen molar-refractivity contribution in [3.63, 3.8) is 0 Å². The molecule has 0 spiro atoms. The van der Waals surface area contributed by atoms with E-state index in [1.807, 2.05) is 4.90 Å². The topological polar surface area (TPSA) is 101 Å². The molecule has 1 saturated heterocycles. The number of ether oxygens (including phenoxy) is 1. The molecule has 154 valence electrons. The highest BCUT2D eigenvalue weighted by Crippen LogP contribution is 2.14. The van der Waals surface area contributed by atoms with Gasteiger partial charge in [0.25, 0.3) is 5.91 Å². The number of benzene rings is 1. The van der Waals surface area contributed by atoms with Gasteiger partial charge in [0.1, 0.15) is 5.76 Å². The van der Waals surface area contributed by atoms with Crippen LogP contribution in [-0.2, 0) is 9.53 Å². The van der Waals surface area contributed by atoms with Gasteiger partial charge < -0.3 is 19.8 Å². The Labute approximate surface area is 169 Å². The summed E-state index contributed by atoms with van der Waals surface area (Å²) in [6.45, 7) is 3.46. The van der Waals surface area contributed by atoms with Gasteiger partial charge in [0.05, 0.1) is 19.2 Å². The Kier molecular flexibility index (Phi) is 6.66. The molecule has 0 saturated carbocycles. The number of anilines is 1. The summed E-state index contributed by atoms with van der Waals surface area (Å²) >= 11 is 0. The SMILES string of the molecule is COC(=O)c1cccc(NC(=O)CN2CCC(NC(=O)c3ccc(C)o3)CC2)c1. The first-order chi connectivity index (χ1) is 13.9. The van der Waals surface area contributed by atoms with E-state index in [-0.39, 0.29) is 24.4 Å². The molecule has 1 aliphatic rings. The van der Waals surface area contributed by atoms with E-state index in [0.717, 1.165) is 12.8 Å². The van der Waals surface area contributed by atoms with Crippen molar-refractivity contribution in [2.24, 2.45) is 0 Å². The number of carbonyl (C=O) groups excluding carboxylic acids is 3. The predicted octanol–water partition coefficient (Wildman–Crippen LogP) is 2.21. The minimum atomic E-state index is -0.449. The quantitative estimate of drug-likeness (QED) is 0.723. The van der Waals surface area contributed by atoms with Crippen molar-refractivity contribution in [1.82, 2.24) is 10.2 Å². The standard InChI is InChI=1S/C21H25N3O5/c1-14-6-7-18(29-14)20(26)23-16-8-10-24(11-9-16)13-19(25)22-17-5-3-4-15(12-17)21(27)28-2/h3-7,12,16H,8-11,13H2,1-2H3,(H,22,25)(H,23,26). The van der Waals surface area contributed by atoms with E-state index in [9.17, 15) is 14.4 Å². The monoisotopic (exact) mass is 399 g/mol. The van der Waals surface area contributed by atoms with Gasteiger partial charge in [-0.2, -0.15) is 0 Å². The fourth-order valence-electron chi connectivity index (χ4n) is 3.29. The number of amides is 2. The Bertz CT molecular complexity index is 884. The van der Waals surface area contributed by atoms with E-state index >= 15 is 0 Å². The van der Waals surface area contributed by atoms with Gasteiger partial charge in [-0.1, -0.05) is 6.07 Å². The van der Waals surface area contributed by atoms with Gasteiger partial charge in [-0.05, 0) is 50.1 Å². The molecular weight excluding hydrogens is 374 g/mol. The average Bonchev–Trinajstić information content (AvgIpc) is 3.15. The van der Waals surface area contributed by atoms with Crippen molar-refractivity contribution in [1.29, 1.82) is 0 Å². The Morgan fingerprint density at radius 2 is 1.93 bits per heavy atom. The number of aryl methyl sites for hydroxylation is 1. The highest BCUT2D eigenvalue weighted by Gasteiger charge is 2.23. The smallest absolute Gasteiger partial charge is 0.337 e. The molecule has 0 unspecified atom stereocenters. The van der Waals surface area contributed by atoms with Crippen molar-refractivity contribution in [2.45, 2.75) is 25.8 Å². The number of furan rings is 1. The number of nitrogens with one attached hydrogen (secondary N) is 2. The van der Waals surface area contributed by atoms with E-state index in [0.29, 0.717) is 35.9 Å². The molecule has 2 heterocycles. The van der Waals surface area contributed by atoms with Crippen LogP contribution < -0.4 is 10.6 Å². The maximum Gasteiger partial charge on any atom is 0.337 e. The molecule has 29 heavy (non-hydrogen) atoms. The van der Waals surface area contributed by atoms with Gasteiger partial charge in [0.15, 0.2) is 5.76 Å². The minimum Gasteiger partial charge on any atom is -0.465 e. The Balaban J connectivity index is 1.44. The second-order valence-electron chi connectivity index (χ2n) is 7.05. The first-order valence-corrected chi connectivity index (χ1v) is 9.52. The maximum atomic E-state index is 12.3. The van der Waals surface area contributed by atoms with Crippen molar-refractivity contribution in [3.8, 4) is 0 Å². The van der Waals surface area contributed by atoms with E-state index in [4.69, 9.17) is 4.42 Å². The fourth-order valence-corrected chi connectivity index (χ4v) is 3.29. The number of esters is 1. The molecule has 3 rings (SSSR count). The highest BCUT2D eigenvalue weighted by molar-refractivity contribution is 5.95. The number of methoxy groups -OCH3 is 1. The van der Waals surface area contributed by atoms with Crippen LogP contribution in [0, 0.1) is 6.92 Å². The summed E-state index contributed by atoms with van der Waals surface area (Å²) in [5.41, 5.74) is 0.933. The van der Waals surface area contributed by atoms with Crippen LogP contribution in [0.2, 0.25) is 0 Å². The summed E-state index contributed by atoms with van der Waals surface area (Å²) in [6, 6.07) is 10.1. The molecule has 8 nitrogen and oxygen atoms in total. The number of hydrogen-bond acceptors (Lipinski definition) is 6. The van der Waals surface area contributed by atoms with E-state index in [1.54, 1.807) is 43.3 Å². The van der Waals surface area contributed by atoms with Crippen molar-refractivity contribution in [3.05, 3.63) is 53.5 Å². The summed E-state index contributed by atoms with van der Waals surface area (Å²) in [5, 5.41) is 5.79. The molecule has 1 aliphatic heterocycles. The molecule has 0 atom stereocenters. The Morgan fingerprint density at radius 3 is 2.59 bits per heavy atom. The molecule has 2 aromatic rings. The summed E-state index contributed by atoms with van der Waals surface area (Å²) < 4.78 is 10.0. The molecular formula is C21H25N3O5. The summed E-state index contributed by atoms with van der Waals surface area (Å²) in [7, 11) is 1.31. The molecule has 1 aromatic carbocycles. The van der Waals surface area contributed by atoms with Crippen LogP contribution in [0.15, 0.2) is 40.8 Å². The lowest BCUT2D eigenvalue weighted by Crippen LogP contribution is -2.46. The van der Waals surface area contributed by atoms with Crippen molar-refractivity contribution < 1.29 is 23.5 Å². The molecule has 1 fully saturated rings. The van der Waals surface area contributed by atoms with E-state index < -0.39 is 5.97 Å². The number of hydrogen-bond donors (Lipinski definition) is 2. The Hall–Kier alpha value is -3.13. The third-order valence-corrected chi connectivity index (χ3v) is 4.82. The van der Waals surface area contributed by atoms with Gasteiger partial charge in [0, 0.05) is 24.8 Å². The number of likely N-dealkylation sites (tertiary alicyclic amines) is 1. The lowest BCUT2D eigenvalue weighted by atomic mass is 10.0. The van der Waals surface area contributed by atoms with Crippen LogP contribution in [0.3, 0.4) is 0 Å². The number of carbonyl (C=O) groups is 3. The van der Waals surface area contributed by atoms with Crippen molar-refractivity contribution in [2.75, 3.05) is 32.1 Å². The van der Waals surface area contributed by atoms with Gasteiger partial charge >= 0.3 is 5.97 Å². The van der Waals surface area contributed by atoms with Gasteiger partial charge in [-0.3, -0.25) is 14.5 Å². The van der Waals surface area contributed by atoms with E-state index in [1.165, 1.54) is 7.11 Å². The van der Waals surface area contributed by atoms with Gasteiger partial charge in [-0.15, -0.1) is 0 Å². The van der Waals surface area contributed by atoms with Crippen LogP contribution >= 0.6 is 0 Å². The third-order valence-electron chi connectivity index (χ3n) is 4.82. The van der Waals surface area contributed by atoms with Crippen molar-refractivity contribution >= 4 is 23.5 Å². The molecule has 0 aliphatic carbocycles. The molecule has 1 aromatic heterocycles. The minimum absolute atomic E-state index is 0.0592. The number of rotatable bonds is 6. The van der Waals surface area contributed by atoms with Crippen LogP contribution in [0.5, 0.6) is 0 Å². The molecule has 2 amide bonds. The number of nitrogens with zero attached hydrogens (tertiary/aromatic N) is 1. The molecule has 8 heteroatoms. The van der Waals surface area contributed by atoms with Crippen LogP contribution in [0.1, 0.15) is 39.5 Å². The van der Waals surface area contributed by atoms with Crippen LogP contribution in [0.4, 0.5) is 5.69 Å².